The number of halogens is 1. The molecule has 0 aliphatic carbocycles. The Hall–Kier alpha value is -4.00. The summed E-state index contributed by atoms with van der Waals surface area (Å²) in [7, 11) is -2.30. The number of sulfonamides is 1. The number of aromatic nitrogens is 4. The summed E-state index contributed by atoms with van der Waals surface area (Å²) in [5.41, 5.74) is 5.14. The molecule has 0 fully saturated rings. The first-order valence-corrected chi connectivity index (χ1v) is 16.7. The summed E-state index contributed by atoms with van der Waals surface area (Å²) in [6, 6.07) is 12.6. The van der Waals surface area contributed by atoms with Crippen LogP contribution in [0.5, 0.6) is 5.88 Å². The van der Waals surface area contributed by atoms with Crippen molar-refractivity contribution in [3.8, 4) is 17.1 Å². The fraction of sp³-hybridized carbons (Fsp3) is 0.412. The molecular formula is C34H45ClN6O5S. The molecule has 47 heavy (non-hydrogen) atoms. The number of carboxylic acids is 1. The van der Waals surface area contributed by atoms with Gasteiger partial charge in [-0.25, -0.2) is 22.9 Å². The van der Waals surface area contributed by atoms with Gasteiger partial charge in [0.15, 0.2) is 0 Å². The van der Waals surface area contributed by atoms with Gasteiger partial charge in [0.1, 0.15) is 6.61 Å². The molecule has 0 aliphatic rings. The van der Waals surface area contributed by atoms with E-state index in [0.29, 0.717) is 18.2 Å². The molecule has 1 atom stereocenters. The van der Waals surface area contributed by atoms with Crippen molar-refractivity contribution in [2.45, 2.75) is 77.8 Å². The second-order valence-corrected chi connectivity index (χ2v) is 14.7. The minimum Gasteiger partial charge on any atom is -0.478 e. The van der Waals surface area contributed by atoms with Crippen molar-refractivity contribution in [2.24, 2.45) is 13.0 Å². The molecule has 0 bridgehead atoms. The third-order valence-corrected chi connectivity index (χ3v) is 8.77. The largest absolute Gasteiger partial charge is 0.478 e. The normalized spacial score (nSPS) is 12.4. The van der Waals surface area contributed by atoms with Crippen LogP contribution in [-0.2, 0) is 29.0 Å². The molecule has 0 radical (unpaired) electrons. The third-order valence-electron chi connectivity index (χ3n) is 7.44. The number of rotatable bonds is 13. The molecule has 254 valence electrons. The highest BCUT2D eigenvalue weighted by atomic mass is 35.5. The lowest BCUT2D eigenvalue weighted by Gasteiger charge is -2.23. The van der Waals surface area contributed by atoms with Gasteiger partial charge in [-0.3, -0.25) is 4.68 Å². The van der Waals surface area contributed by atoms with E-state index >= 15 is 0 Å². The van der Waals surface area contributed by atoms with Crippen LogP contribution in [0.15, 0.2) is 59.6 Å². The molecule has 4 aromatic rings. The van der Waals surface area contributed by atoms with E-state index in [2.05, 4.69) is 59.7 Å². The molecule has 3 N–H and O–H groups in total. The minimum absolute atomic E-state index is 0. The Morgan fingerprint density at radius 1 is 1.04 bits per heavy atom. The van der Waals surface area contributed by atoms with Gasteiger partial charge in [0.05, 0.1) is 21.8 Å². The summed E-state index contributed by atoms with van der Waals surface area (Å²) in [6.45, 7) is 15.5. The highest BCUT2D eigenvalue weighted by molar-refractivity contribution is 7.92. The first-order valence-electron chi connectivity index (χ1n) is 15.2. The summed E-state index contributed by atoms with van der Waals surface area (Å²) >= 11 is 0. The van der Waals surface area contributed by atoms with Gasteiger partial charge < -0.3 is 15.2 Å². The van der Waals surface area contributed by atoms with E-state index in [1.807, 2.05) is 50.0 Å². The van der Waals surface area contributed by atoms with Gasteiger partial charge in [0, 0.05) is 48.4 Å². The monoisotopic (exact) mass is 684 g/mol. The lowest BCUT2D eigenvalue weighted by molar-refractivity contribution is 0.0696. The number of hydrogen-bond acceptors (Lipinski definition) is 8. The number of carboxylic acid groups (broad SMARTS) is 1. The number of anilines is 1. The van der Waals surface area contributed by atoms with Crippen molar-refractivity contribution < 1.29 is 23.1 Å². The van der Waals surface area contributed by atoms with Crippen molar-refractivity contribution in [1.82, 2.24) is 25.1 Å². The zero-order valence-corrected chi connectivity index (χ0v) is 29.8. The molecule has 11 nitrogen and oxygen atoms in total. The average molecular weight is 685 g/mol. The van der Waals surface area contributed by atoms with Gasteiger partial charge >= 0.3 is 5.97 Å². The smallest absolute Gasteiger partial charge is 0.335 e. The van der Waals surface area contributed by atoms with Crippen molar-refractivity contribution in [3.63, 3.8) is 0 Å². The first-order chi connectivity index (χ1) is 21.5. The summed E-state index contributed by atoms with van der Waals surface area (Å²) < 4.78 is 37.2. The highest BCUT2D eigenvalue weighted by Gasteiger charge is 2.24. The average Bonchev–Trinajstić information content (AvgIpc) is 3.35. The summed E-state index contributed by atoms with van der Waals surface area (Å²) in [5.74, 6) is -0.827. The van der Waals surface area contributed by atoms with Crippen LogP contribution < -0.4 is 14.8 Å². The van der Waals surface area contributed by atoms with Crippen LogP contribution in [0.25, 0.3) is 11.3 Å². The fourth-order valence-corrected chi connectivity index (χ4v) is 6.37. The number of nitrogens with one attached hydrogen (secondary N) is 2. The van der Waals surface area contributed by atoms with E-state index < -0.39 is 16.0 Å². The minimum atomic E-state index is -4.22. The number of ether oxygens (including phenoxy) is 1. The van der Waals surface area contributed by atoms with Crippen LogP contribution in [0.4, 0.5) is 5.95 Å². The summed E-state index contributed by atoms with van der Waals surface area (Å²) in [5, 5.41) is 17.7. The van der Waals surface area contributed by atoms with Gasteiger partial charge in [-0.15, -0.1) is 12.4 Å². The van der Waals surface area contributed by atoms with Crippen LogP contribution in [-0.4, -0.2) is 51.9 Å². The number of hydrogen-bond donors (Lipinski definition) is 3. The SMILES string of the molecule is Cc1cccc(C)c1-c1cc(OC[C@@H](CC(C)C)NCc2cn(C)nc2C(C)(C)C)nc(NS(=O)(=O)c2cccc(C(=O)O)c2)n1.Cl. The lowest BCUT2D eigenvalue weighted by Crippen LogP contribution is -2.36. The van der Waals surface area contributed by atoms with Gasteiger partial charge in [-0.1, -0.05) is 58.9 Å². The second-order valence-electron chi connectivity index (χ2n) is 13.1. The van der Waals surface area contributed by atoms with E-state index in [1.165, 1.54) is 18.2 Å². The molecule has 4 rings (SSSR count). The predicted molar refractivity (Wildman–Crippen MR) is 186 cm³/mol. The van der Waals surface area contributed by atoms with Gasteiger partial charge in [-0.05, 0) is 55.5 Å². The lowest BCUT2D eigenvalue weighted by atomic mass is 9.89. The molecule has 0 unspecified atom stereocenters. The maximum absolute atomic E-state index is 13.3. The molecule has 0 saturated heterocycles. The van der Waals surface area contributed by atoms with Crippen LogP contribution in [0, 0.1) is 19.8 Å². The zero-order valence-electron chi connectivity index (χ0n) is 28.2. The van der Waals surface area contributed by atoms with E-state index in [4.69, 9.17) is 4.74 Å². The number of aryl methyl sites for hydroxylation is 3. The molecule has 0 aliphatic heterocycles. The molecular weight excluding hydrogens is 640 g/mol. The number of nitrogens with zero attached hydrogens (tertiary/aromatic N) is 4. The quantitative estimate of drug-likeness (QED) is 0.148. The Bertz CT molecular complexity index is 1800. The molecule has 13 heteroatoms. The molecule has 2 aromatic carbocycles. The maximum atomic E-state index is 13.3. The van der Waals surface area contributed by atoms with Gasteiger partial charge in [0.2, 0.25) is 11.8 Å². The Labute approximate surface area is 283 Å². The zero-order chi connectivity index (χ0) is 33.8. The second kappa shape index (κ2) is 15.3. The number of benzene rings is 2. The standard InChI is InChI=1S/C34H44N6O5S.ClH/c1-21(2)15-26(35-18-25-19-40(8)38-31(25)34(5,6)7)20-45-29-17-28(30-22(3)11-9-12-23(30)4)36-33(37-29)39-46(43,44)27-14-10-13-24(16-27)32(41)42;/h9-14,16-17,19,21,26,35H,15,18,20H2,1-8H3,(H,41,42)(H,36,37,39);1H/t26-;/m1./s1. The van der Waals surface area contributed by atoms with E-state index in [0.717, 1.165) is 40.4 Å². The van der Waals surface area contributed by atoms with Crippen LogP contribution >= 0.6 is 12.4 Å². The molecule has 0 saturated carbocycles. The van der Waals surface area contributed by atoms with E-state index in [-0.39, 0.29) is 52.8 Å². The topological polar surface area (TPSA) is 148 Å². The maximum Gasteiger partial charge on any atom is 0.335 e. The molecule has 0 amide bonds. The fourth-order valence-electron chi connectivity index (χ4n) is 5.38. The van der Waals surface area contributed by atoms with Crippen molar-refractivity contribution in [3.05, 3.63) is 82.7 Å². The van der Waals surface area contributed by atoms with Gasteiger partial charge in [0.25, 0.3) is 10.0 Å². The first kappa shape index (κ1) is 37.5. The third kappa shape index (κ3) is 9.75. The van der Waals surface area contributed by atoms with Crippen LogP contribution in [0.1, 0.15) is 73.8 Å². The van der Waals surface area contributed by atoms with E-state index in [9.17, 15) is 18.3 Å². The summed E-state index contributed by atoms with van der Waals surface area (Å²) in [6.07, 6.45) is 2.87. The Morgan fingerprint density at radius 3 is 2.32 bits per heavy atom. The highest BCUT2D eigenvalue weighted by Crippen LogP contribution is 2.30. The Kier molecular flexibility index (Phi) is 12.2. The molecule has 2 heterocycles. The number of aromatic carboxylic acids is 1. The summed E-state index contributed by atoms with van der Waals surface area (Å²) in [4.78, 5) is 20.2. The molecule has 0 spiro atoms. The number of carbonyl (C=O) groups is 1. The molecule has 2 aromatic heterocycles. The van der Waals surface area contributed by atoms with Crippen LogP contribution in [0.3, 0.4) is 0 Å². The Morgan fingerprint density at radius 2 is 1.70 bits per heavy atom. The van der Waals surface area contributed by atoms with Crippen molar-refractivity contribution in [1.29, 1.82) is 0 Å². The van der Waals surface area contributed by atoms with E-state index in [1.54, 1.807) is 6.07 Å². The predicted octanol–water partition coefficient (Wildman–Crippen LogP) is 6.30. The van der Waals surface area contributed by atoms with Crippen molar-refractivity contribution in [2.75, 3.05) is 11.3 Å². The Balaban J connectivity index is 0.00000600. The van der Waals surface area contributed by atoms with Crippen LogP contribution in [0.2, 0.25) is 0 Å². The van der Waals surface area contributed by atoms with Crippen molar-refractivity contribution >= 4 is 34.3 Å². The van der Waals surface area contributed by atoms with Gasteiger partial charge in [-0.2, -0.15) is 10.1 Å².